The molecule has 8 heteroatoms. The van der Waals surface area contributed by atoms with Crippen LogP contribution in [0, 0.1) is 12.7 Å². The zero-order chi connectivity index (χ0) is 30.3. The monoisotopic (exact) mass is 582 g/mol. The standard InChI is InChI=1S/C35H39FN4O3/c1-4-7-24(20-33(41)40-19-6-5-8-32(40)25-13-16-29(36)17-14-25)10-12-26-21-27(11-9-23(26)2)28-15-18-30-31(22-28)38-34(37-30)39-35(42)43-3/h9-11,13-18,21-22,32H,4-8,12,19-20H2,1-3H3,(H2,37,38,39,42)/b24-10+. The summed E-state index contributed by atoms with van der Waals surface area (Å²) in [5.41, 5.74) is 8.24. The largest absolute Gasteiger partial charge is 0.453 e. The van der Waals surface area contributed by atoms with Crippen molar-refractivity contribution in [3.63, 3.8) is 0 Å². The molecule has 1 unspecified atom stereocenters. The zero-order valence-corrected chi connectivity index (χ0v) is 25.1. The third kappa shape index (κ3) is 7.31. The van der Waals surface area contributed by atoms with Crippen LogP contribution in [0.15, 0.2) is 72.3 Å². The molecule has 3 aromatic carbocycles. The van der Waals surface area contributed by atoms with E-state index in [1.807, 2.05) is 35.2 Å². The second-order valence-corrected chi connectivity index (χ2v) is 11.2. The number of allylic oxidation sites excluding steroid dienone is 1. The van der Waals surface area contributed by atoms with E-state index in [0.717, 1.165) is 78.4 Å². The van der Waals surface area contributed by atoms with Gasteiger partial charge in [0, 0.05) is 13.0 Å². The number of anilines is 1. The van der Waals surface area contributed by atoms with Crippen LogP contribution in [0.3, 0.4) is 0 Å². The van der Waals surface area contributed by atoms with Crippen molar-refractivity contribution in [2.45, 2.75) is 64.8 Å². The number of aromatic amines is 1. The molecule has 5 rings (SSSR count). The van der Waals surface area contributed by atoms with Crippen LogP contribution in [0.25, 0.3) is 22.2 Å². The van der Waals surface area contributed by atoms with Crippen LogP contribution in [0.2, 0.25) is 0 Å². The van der Waals surface area contributed by atoms with Gasteiger partial charge in [-0.15, -0.1) is 0 Å². The van der Waals surface area contributed by atoms with Crippen LogP contribution in [0.1, 0.15) is 68.2 Å². The van der Waals surface area contributed by atoms with E-state index < -0.39 is 6.09 Å². The number of carbonyl (C=O) groups excluding carboxylic acids is 2. The van der Waals surface area contributed by atoms with Crippen molar-refractivity contribution in [2.75, 3.05) is 19.0 Å². The second-order valence-electron chi connectivity index (χ2n) is 11.2. The van der Waals surface area contributed by atoms with Crippen LogP contribution in [-0.4, -0.2) is 40.5 Å². The molecule has 0 spiro atoms. The lowest BCUT2D eigenvalue weighted by Crippen LogP contribution is -2.38. The van der Waals surface area contributed by atoms with Gasteiger partial charge in [-0.2, -0.15) is 0 Å². The minimum Gasteiger partial charge on any atom is -0.453 e. The van der Waals surface area contributed by atoms with Gasteiger partial charge in [-0.05, 0) is 91.1 Å². The van der Waals surface area contributed by atoms with Crippen LogP contribution in [0.4, 0.5) is 15.1 Å². The number of hydrogen-bond acceptors (Lipinski definition) is 4. The molecule has 1 fully saturated rings. The number of imidazole rings is 1. The molecule has 0 aliphatic carbocycles. The predicted molar refractivity (Wildman–Crippen MR) is 168 cm³/mol. The number of aryl methyl sites for hydroxylation is 1. The van der Waals surface area contributed by atoms with E-state index in [-0.39, 0.29) is 17.8 Å². The highest BCUT2D eigenvalue weighted by molar-refractivity contribution is 5.88. The van der Waals surface area contributed by atoms with Gasteiger partial charge in [-0.3, -0.25) is 10.1 Å². The molecule has 0 radical (unpaired) electrons. The zero-order valence-electron chi connectivity index (χ0n) is 25.1. The summed E-state index contributed by atoms with van der Waals surface area (Å²) in [5.74, 6) is 0.224. The summed E-state index contributed by atoms with van der Waals surface area (Å²) in [7, 11) is 1.31. The summed E-state index contributed by atoms with van der Waals surface area (Å²) in [6, 6.07) is 19.0. The summed E-state index contributed by atoms with van der Waals surface area (Å²) in [4.78, 5) is 34.7. The molecule has 2 N–H and O–H groups in total. The van der Waals surface area contributed by atoms with Crippen molar-refractivity contribution in [3.8, 4) is 11.1 Å². The van der Waals surface area contributed by atoms with Crippen molar-refractivity contribution in [1.82, 2.24) is 14.9 Å². The number of piperidine rings is 1. The fourth-order valence-corrected chi connectivity index (χ4v) is 5.86. The molecule has 43 heavy (non-hydrogen) atoms. The van der Waals surface area contributed by atoms with E-state index in [0.29, 0.717) is 12.4 Å². The van der Waals surface area contributed by atoms with Gasteiger partial charge in [0.15, 0.2) is 0 Å². The number of hydrogen-bond donors (Lipinski definition) is 2. The Balaban J connectivity index is 1.32. The van der Waals surface area contributed by atoms with E-state index in [9.17, 15) is 14.0 Å². The van der Waals surface area contributed by atoms with E-state index in [1.165, 1.54) is 30.4 Å². The number of amides is 2. The smallest absolute Gasteiger partial charge is 0.413 e. The number of halogens is 1. The first-order chi connectivity index (χ1) is 20.8. The SMILES string of the molecule is CCC/C(=C\Cc1cc(-c2ccc3nc(NC(=O)OC)[nH]c3c2)ccc1C)CC(=O)N1CCCCC1c1ccc(F)cc1. The van der Waals surface area contributed by atoms with Gasteiger partial charge in [-0.1, -0.05) is 61.4 Å². The Bertz CT molecular complexity index is 1630. The fourth-order valence-electron chi connectivity index (χ4n) is 5.86. The van der Waals surface area contributed by atoms with Gasteiger partial charge < -0.3 is 14.6 Å². The maximum absolute atomic E-state index is 13.6. The van der Waals surface area contributed by atoms with Gasteiger partial charge in [0.25, 0.3) is 0 Å². The third-order valence-corrected chi connectivity index (χ3v) is 8.21. The molecule has 1 atom stereocenters. The number of aromatic nitrogens is 2. The molecule has 0 bridgehead atoms. The molecular formula is C35H39FN4O3. The summed E-state index contributed by atoms with van der Waals surface area (Å²) < 4.78 is 18.2. The molecule has 2 amide bonds. The average molecular weight is 583 g/mol. The number of H-pyrrole nitrogens is 1. The molecule has 1 aliphatic heterocycles. The fraction of sp³-hybridized carbons (Fsp3) is 0.343. The minimum absolute atomic E-state index is 0.00295. The summed E-state index contributed by atoms with van der Waals surface area (Å²) >= 11 is 0. The van der Waals surface area contributed by atoms with Gasteiger partial charge in [-0.25, -0.2) is 14.2 Å². The summed E-state index contributed by atoms with van der Waals surface area (Å²) in [5, 5.41) is 2.57. The average Bonchev–Trinajstić information content (AvgIpc) is 3.42. The first-order valence-corrected chi connectivity index (χ1v) is 15.0. The van der Waals surface area contributed by atoms with E-state index in [4.69, 9.17) is 0 Å². The Hall–Kier alpha value is -4.46. The Morgan fingerprint density at radius 2 is 1.86 bits per heavy atom. The number of methoxy groups -OCH3 is 1. The van der Waals surface area contributed by atoms with Gasteiger partial charge in [0.05, 0.1) is 24.2 Å². The quantitative estimate of drug-likeness (QED) is 0.195. The molecule has 4 aromatic rings. The Kier molecular flexibility index (Phi) is 9.55. The van der Waals surface area contributed by atoms with E-state index in [2.05, 4.69) is 58.1 Å². The van der Waals surface area contributed by atoms with Crippen molar-refractivity contribution in [1.29, 1.82) is 0 Å². The van der Waals surface area contributed by atoms with Gasteiger partial charge in [0.2, 0.25) is 11.9 Å². The van der Waals surface area contributed by atoms with Crippen LogP contribution >= 0.6 is 0 Å². The highest BCUT2D eigenvalue weighted by Gasteiger charge is 2.28. The molecule has 7 nitrogen and oxygen atoms in total. The van der Waals surface area contributed by atoms with E-state index >= 15 is 0 Å². The molecule has 2 heterocycles. The number of ether oxygens (including phenoxy) is 1. The molecule has 224 valence electrons. The lowest BCUT2D eigenvalue weighted by Gasteiger charge is -2.36. The number of fused-ring (bicyclic) bond motifs is 1. The predicted octanol–water partition coefficient (Wildman–Crippen LogP) is 8.27. The number of nitrogens with one attached hydrogen (secondary N) is 2. The van der Waals surface area contributed by atoms with Gasteiger partial charge in [0.1, 0.15) is 5.82 Å². The summed E-state index contributed by atoms with van der Waals surface area (Å²) in [6.45, 7) is 4.99. The molecule has 0 saturated carbocycles. The highest BCUT2D eigenvalue weighted by atomic mass is 19.1. The first kappa shape index (κ1) is 30.0. The minimum atomic E-state index is -0.580. The normalized spacial score (nSPS) is 15.5. The van der Waals surface area contributed by atoms with Crippen LogP contribution in [-0.2, 0) is 16.0 Å². The third-order valence-electron chi connectivity index (χ3n) is 8.21. The first-order valence-electron chi connectivity index (χ1n) is 15.0. The topological polar surface area (TPSA) is 87.3 Å². The number of benzene rings is 3. The highest BCUT2D eigenvalue weighted by Crippen LogP contribution is 2.33. The molecule has 1 aromatic heterocycles. The lowest BCUT2D eigenvalue weighted by molar-refractivity contribution is -0.134. The number of rotatable bonds is 9. The molecule has 1 aliphatic rings. The van der Waals surface area contributed by atoms with Crippen molar-refractivity contribution in [2.24, 2.45) is 0 Å². The number of nitrogens with zero attached hydrogens (tertiary/aromatic N) is 2. The maximum atomic E-state index is 13.6. The van der Waals surface area contributed by atoms with Crippen molar-refractivity contribution < 1.29 is 18.7 Å². The van der Waals surface area contributed by atoms with Crippen molar-refractivity contribution >= 4 is 29.0 Å². The summed E-state index contributed by atoms with van der Waals surface area (Å²) in [6.07, 6.45) is 7.61. The van der Waals surface area contributed by atoms with E-state index in [1.54, 1.807) is 0 Å². The van der Waals surface area contributed by atoms with Crippen LogP contribution in [0.5, 0.6) is 0 Å². The second kappa shape index (κ2) is 13.7. The number of carbonyl (C=O) groups is 2. The lowest BCUT2D eigenvalue weighted by atomic mass is 9.93. The molecular weight excluding hydrogens is 543 g/mol. The van der Waals surface area contributed by atoms with Crippen LogP contribution < -0.4 is 5.32 Å². The number of likely N-dealkylation sites (tertiary alicyclic amines) is 1. The Morgan fingerprint density at radius 1 is 1.09 bits per heavy atom. The van der Waals surface area contributed by atoms with Crippen molar-refractivity contribution in [3.05, 3.63) is 94.8 Å². The Labute approximate surface area is 252 Å². The van der Waals surface area contributed by atoms with Gasteiger partial charge >= 0.3 is 6.09 Å². The molecule has 1 saturated heterocycles. The maximum Gasteiger partial charge on any atom is 0.413 e. The Morgan fingerprint density at radius 3 is 2.63 bits per heavy atom.